The van der Waals surface area contributed by atoms with Gasteiger partial charge in [0.2, 0.25) is 0 Å². The Labute approximate surface area is 74.6 Å². The molecule has 0 spiro atoms. The third kappa shape index (κ3) is 2.46. The molecular formula is C10H20O2. The van der Waals surface area contributed by atoms with Crippen molar-refractivity contribution in [1.82, 2.24) is 0 Å². The van der Waals surface area contributed by atoms with E-state index in [1.807, 2.05) is 0 Å². The van der Waals surface area contributed by atoms with Crippen molar-refractivity contribution in [1.29, 1.82) is 0 Å². The van der Waals surface area contributed by atoms with E-state index in [1.165, 1.54) is 19.3 Å². The molecule has 0 aromatic heterocycles. The molecule has 1 fully saturated rings. The third-order valence-electron chi connectivity index (χ3n) is 3.20. The SMILES string of the molecule is CCC1CCC(C(O)CO)CC1. The van der Waals surface area contributed by atoms with Crippen molar-refractivity contribution in [2.75, 3.05) is 6.61 Å². The van der Waals surface area contributed by atoms with Crippen molar-refractivity contribution in [3.63, 3.8) is 0 Å². The summed E-state index contributed by atoms with van der Waals surface area (Å²) in [6, 6.07) is 0. The smallest absolute Gasteiger partial charge is 0.0799 e. The van der Waals surface area contributed by atoms with E-state index in [2.05, 4.69) is 6.92 Å². The Hall–Kier alpha value is -0.0800. The van der Waals surface area contributed by atoms with E-state index in [0.29, 0.717) is 5.92 Å². The van der Waals surface area contributed by atoms with Crippen molar-refractivity contribution in [3.8, 4) is 0 Å². The third-order valence-corrected chi connectivity index (χ3v) is 3.20. The lowest BCUT2D eigenvalue weighted by Crippen LogP contribution is -2.28. The summed E-state index contributed by atoms with van der Waals surface area (Å²) < 4.78 is 0. The van der Waals surface area contributed by atoms with Crippen LogP contribution in [0.5, 0.6) is 0 Å². The van der Waals surface area contributed by atoms with Gasteiger partial charge in [0.25, 0.3) is 0 Å². The fraction of sp³-hybridized carbons (Fsp3) is 1.00. The van der Waals surface area contributed by atoms with Crippen LogP contribution >= 0.6 is 0 Å². The quantitative estimate of drug-likeness (QED) is 0.678. The number of aliphatic hydroxyl groups excluding tert-OH is 2. The Kier molecular flexibility index (Phi) is 4.02. The molecule has 1 unspecified atom stereocenters. The van der Waals surface area contributed by atoms with E-state index >= 15 is 0 Å². The minimum absolute atomic E-state index is 0.0680. The van der Waals surface area contributed by atoms with Gasteiger partial charge in [-0.2, -0.15) is 0 Å². The molecule has 0 aliphatic heterocycles. The molecule has 0 heterocycles. The molecule has 0 saturated heterocycles. The topological polar surface area (TPSA) is 40.5 Å². The molecule has 1 aliphatic carbocycles. The van der Waals surface area contributed by atoms with Crippen LogP contribution in [0.1, 0.15) is 39.0 Å². The maximum absolute atomic E-state index is 9.39. The molecule has 0 amide bonds. The highest BCUT2D eigenvalue weighted by Gasteiger charge is 2.24. The van der Waals surface area contributed by atoms with Crippen LogP contribution in [-0.2, 0) is 0 Å². The molecule has 72 valence electrons. The van der Waals surface area contributed by atoms with Gasteiger partial charge in [-0.1, -0.05) is 26.2 Å². The molecule has 1 rings (SSSR count). The number of rotatable bonds is 3. The molecule has 0 bridgehead atoms. The van der Waals surface area contributed by atoms with Crippen molar-refractivity contribution in [2.45, 2.75) is 45.1 Å². The summed E-state index contributed by atoms with van der Waals surface area (Å²) in [6.45, 7) is 2.16. The van der Waals surface area contributed by atoms with Gasteiger partial charge in [0.05, 0.1) is 12.7 Å². The van der Waals surface area contributed by atoms with Crippen LogP contribution in [0.4, 0.5) is 0 Å². The minimum Gasteiger partial charge on any atom is -0.394 e. The first-order chi connectivity index (χ1) is 5.77. The van der Waals surface area contributed by atoms with Crippen molar-refractivity contribution < 1.29 is 10.2 Å². The first-order valence-electron chi connectivity index (χ1n) is 5.06. The van der Waals surface area contributed by atoms with E-state index in [4.69, 9.17) is 5.11 Å². The molecule has 2 nitrogen and oxygen atoms in total. The average molecular weight is 172 g/mol. The second-order valence-electron chi connectivity index (χ2n) is 3.94. The maximum atomic E-state index is 9.39. The Morgan fingerprint density at radius 2 is 1.83 bits per heavy atom. The monoisotopic (exact) mass is 172 g/mol. The lowest BCUT2D eigenvalue weighted by atomic mass is 9.78. The van der Waals surface area contributed by atoms with Gasteiger partial charge < -0.3 is 10.2 Å². The normalized spacial score (nSPS) is 33.2. The van der Waals surface area contributed by atoms with Crippen molar-refractivity contribution in [3.05, 3.63) is 0 Å². The number of hydrogen-bond acceptors (Lipinski definition) is 2. The van der Waals surface area contributed by atoms with Gasteiger partial charge in [0.15, 0.2) is 0 Å². The van der Waals surface area contributed by atoms with E-state index in [-0.39, 0.29) is 6.61 Å². The number of hydrogen-bond donors (Lipinski definition) is 2. The largest absolute Gasteiger partial charge is 0.394 e. The van der Waals surface area contributed by atoms with Crippen LogP contribution in [0.3, 0.4) is 0 Å². The van der Waals surface area contributed by atoms with Crippen molar-refractivity contribution in [2.24, 2.45) is 11.8 Å². The number of aliphatic hydroxyl groups is 2. The van der Waals surface area contributed by atoms with E-state index in [9.17, 15) is 5.11 Å². The summed E-state index contributed by atoms with van der Waals surface area (Å²) in [4.78, 5) is 0. The Bertz CT molecular complexity index is 117. The molecule has 1 saturated carbocycles. The average Bonchev–Trinajstić information content (AvgIpc) is 2.17. The van der Waals surface area contributed by atoms with Crippen molar-refractivity contribution >= 4 is 0 Å². The predicted molar refractivity (Wildman–Crippen MR) is 48.8 cm³/mol. The second kappa shape index (κ2) is 4.83. The van der Waals surface area contributed by atoms with Crippen LogP contribution in [0.25, 0.3) is 0 Å². The molecule has 0 aromatic carbocycles. The first-order valence-corrected chi connectivity index (χ1v) is 5.06. The molecule has 12 heavy (non-hydrogen) atoms. The highest BCUT2D eigenvalue weighted by molar-refractivity contribution is 4.76. The Morgan fingerprint density at radius 3 is 2.25 bits per heavy atom. The second-order valence-corrected chi connectivity index (χ2v) is 3.94. The molecule has 2 N–H and O–H groups in total. The maximum Gasteiger partial charge on any atom is 0.0799 e. The van der Waals surface area contributed by atoms with Gasteiger partial charge >= 0.3 is 0 Å². The highest BCUT2D eigenvalue weighted by Crippen LogP contribution is 2.32. The fourth-order valence-corrected chi connectivity index (χ4v) is 2.13. The van der Waals surface area contributed by atoms with Gasteiger partial charge in [0.1, 0.15) is 0 Å². The van der Waals surface area contributed by atoms with Crippen LogP contribution < -0.4 is 0 Å². The van der Waals surface area contributed by atoms with Crippen LogP contribution in [0.15, 0.2) is 0 Å². The summed E-state index contributed by atoms with van der Waals surface area (Å²) in [7, 11) is 0. The Balaban J connectivity index is 2.25. The van der Waals surface area contributed by atoms with Crippen LogP contribution in [0.2, 0.25) is 0 Å². The summed E-state index contributed by atoms with van der Waals surface area (Å²) in [5.74, 6) is 1.23. The summed E-state index contributed by atoms with van der Waals surface area (Å²) in [5, 5.41) is 18.2. The Morgan fingerprint density at radius 1 is 1.25 bits per heavy atom. The molecule has 0 aromatic rings. The zero-order chi connectivity index (χ0) is 8.97. The van der Waals surface area contributed by atoms with E-state index < -0.39 is 6.10 Å². The molecule has 1 aliphatic rings. The molecule has 2 heteroatoms. The van der Waals surface area contributed by atoms with Gasteiger partial charge in [-0.25, -0.2) is 0 Å². The molecule has 1 atom stereocenters. The predicted octanol–water partition coefficient (Wildman–Crippen LogP) is 1.56. The first kappa shape index (κ1) is 10.0. The lowest BCUT2D eigenvalue weighted by Gasteiger charge is -2.30. The summed E-state index contributed by atoms with van der Waals surface area (Å²) in [6.07, 6.45) is 5.46. The van der Waals surface area contributed by atoms with Crippen LogP contribution in [0, 0.1) is 11.8 Å². The van der Waals surface area contributed by atoms with Crippen LogP contribution in [-0.4, -0.2) is 22.9 Å². The van der Waals surface area contributed by atoms with Gasteiger partial charge in [-0.05, 0) is 24.7 Å². The summed E-state index contributed by atoms with van der Waals surface area (Å²) >= 11 is 0. The van der Waals surface area contributed by atoms with E-state index in [0.717, 1.165) is 18.8 Å². The molecular weight excluding hydrogens is 152 g/mol. The highest BCUT2D eigenvalue weighted by atomic mass is 16.3. The standard InChI is InChI=1S/C10H20O2/c1-2-8-3-5-9(6-4-8)10(12)7-11/h8-12H,2-7H2,1H3. The van der Waals surface area contributed by atoms with Gasteiger partial charge in [-0.3, -0.25) is 0 Å². The zero-order valence-electron chi connectivity index (χ0n) is 7.87. The lowest BCUT2D eigenvalue weighted by molar-refractivity contribution is 0.0257. The zero-order valence-corrected chi connectivity index (χ0v) is 7.87. The molecule has 0 radical (unpaired) electrons. The fourth-order valence-electron chi connectivity index (χ4n) is 2.13. The van der Waals surface area contributed by atoms with E-state index in [1.54, 1.807) is 0 Å². The van der Waals surface area contributed by atoms with Gasteiger partial charge in [0, 0.05) is 0 Å². The summed E-state index contributed by atoms with van der Waals surface area (Å²) in [5.41, 5.74) is 0. The van der Waals surface area contributed by atoms with Gasteiger partial charge in [-0.15, -0.1) is 0 Å². The minimum atomic E-state index is -0.470.